The van der Waals surface area contributed by atoms with Gasteiger partial charge in [0.2, 0.25) is 5.91 Å². The molecule has 0 aromatic heterocycles. The number of fused-ring (bicyclic) bond motifs is 3. The summed E-state index contributed by atoms with van der Waals surface area (Å²) in [5, 5.41) is 0. The molecule has 4 heteroatoms. The van der Waals surface area contributed by atoms with Gasteiger partial charge in [-0.1, -0.05) is 54.7 Å². The van der Waals surface area contributed by atoms with E-state index in [9.17, 15) is 4.79 Å². The van der Waals surface area contributed by atoms with E-state index in [1.54, 1.807) is 30.4 Å². The summed E-state index contributed by atoms with van der Waals surface area (Å²) in [6, 6.07) is 21.0. The van der Waals surface area contributed by atoms with E-state index in [4.69, 9.17) is 0 Å². The van der Waals surface area contributed by atoms with Crippen LogP contribution in [0.2, 0.25) is 0 Å². The second kappa shape index (κ2) is 7.45. The molecule has 3 aromatic carbocycles. The Bertz CT molecular complexity index is 1030. The van der Waals surface area contributed by atoms with Gasteiger partial charge in [-0.2, -0.15) is 0 Å². The van der Waals surface area contributed by atoms with E-state index >= 15 is 0 Å². The van der Waals surface area contributed by atoms with Crippen LogP contribution >= 0.6 is 23.5 Å². The van der Waals surface area contributed by atoms with Crippen molar-refractivity contribution in [1.29, 1.82) is 0 Å². The molecule has 0 fully saturated rings. The van der Waals surface area contributed by atoms with Gasteiger partial charge in [-0.25, -0.2) is 0 Å². The molecule has 0 bridgehead atoms. The zero-order chi connectivity index (χ0) is 19.0. The minimum Gasteiger partial charge on any atom is -0.279 e. The van der Waals surface area contributed by atoms with Gasteiger partial charge < -0.3 is 0 Å². The normalized spacial score (nSPS) is 12.9. The SMILES string of the molecule is CCc1cc2c(cc1C)N(C(C)=O)c1ccccc1Sc1ccccc1S2. The first-order chi connectivity index (χ1) is 13.1. The number of hydrogen-bond acceptors (Lipinski definition) is 3. The third-order valence-electron chi connectivity index (χ3n) is 4.75. The first-order valence-corrected chi connectivity index (χ1v) is 10.7. The number of benzene rings is 3. The van der Waals surface area contributed by atoms with Gasteiger partial charge in [0.15, 0.2) is 0 Å². The minimum absolute atomic E-state index is 0.0273. The summed E-state index contributed by atoms with van der Waals surface area (Å²) < 4.78 is 0. The Balaban J connectivity index is 2.05. The zero-order valence-electron chi connectivity index (χ0n) is 15.7. The molecule has 0 saturated carbocycles. The van der Waals surface area contributed by atoms with Crippen LogP contribution in [0.1, 0.15) is 25.0 Å². The minimum atomic E-state index is 0.0273. The van der Waals surface area contributed by atoms with E-state index in [1.165, 1.54) is 20.9 Å². The van der Waals surface area contributed by atoms with Gasteiger partial charge in [0.05, 0.1) is 11.4 Å². The zero-order valence-corrected chi connectivity index (χ0v) is 17.3. The largest absolute Gasteiger partial charge is 0.279 e. The number of carbonyl (C=O) groups excluding carboxylic acids is 1. The molecule has 27 heavy (non-hydrogen) atoms. The van der Waals surface area contributed by atoms with Gasteiger partial charge in [-0.05, 0) is 60.9 Å². The fourth-order valence-electron chi connectivity index (χ4n) is 3.41. The van der Waals surface area contributed by atoms with Crippen molar-refractivity contribution in [2.75, 3.05) is 4.90 Å². The Hall–Kier alpha value is -2.17. The van der Waals surface area contributed by atoms with Crippen molar-refractivity contribution in [3.63, 3.8) is 0 Å². The molecule has 1 heterocycles. The number of para-hydroxylation sites is 1. The summed E-state index contributed by atoms with van der Waals surface area (Å²) >= 11 is 3.47. The van der Waals surface area contributed by atoms with Crippen molar-refractivity contribution >= 4 is 40.8 Å². The van der Waals surface area contributed by atoms with Crippen LogP contribution in [0.3, 0.4) is 0 Å². The van der Waals surface area contributed by atoms with E-state index in [0.29, 0.717) is 0 Å². The number of nitrogens with zero attached hydrogens (tertiary/aromatic N) is 1. The third kappa shape index (κ3) is 3.40. The molecule has 0 radical (unpaired) electrons. The van der Waals surface area contributed by atoms with Crippen molar-refractivity contribution < 1.29 is 4.79 Å². The maximum Gasteiger partial charge on any atom is 0.228 e. The highest BCUT2D eigenvalue weighted by Crippen LogP contribution is 2.49. The standard InChI is InChI=1S/C23H21NOS2/c1-4-17-14-23-19(13-15(17)2)24(16(3)25)18-9-5-6-10-20(18)26-21-11-7-8-12-22(21)27-23/h5-14H,4H2,1-3H3. The topological polar surface area (TPSA) is 20.3 Å². The molecule has 2 nitrogen and oxygen atoms in total. The summed E-state index contributed by atoms with van der Waals surface area (Å²) in [6.45, 7) is 5.95. The first-order valence-electron chi connectivity index (χ1n) is 9.06. The lowest BCUT2D eigenvalue weighted by molar-refractivity contribution is -0.115. The molecule has 1 amide bonds. The fourth-order valence-corrected chi connectivity index (χ4v) is 5.63. The molecule has 0 saturated heterocycles. The highest BCUT2D eigenvalue weighted by molar-refractivity contribution is 8.02. The highest BCUT2D eigenvalue weighted by atomic mass is 32.2. The Labute approximate surface area is 169 Å². The molecule has 3 aromatic rings. The number of anilines is 2. The predicted molar refractivity (Wildman–Crippen MR) is 115 cm³/mol. The average molecular weight is 392 g/mol. The lowest BCUT2D eigenvalue weighted by Crippen LogP contribution is -2.24. The van der Waals surface area contributed by atoms with E-state index in [0.717, 1.165) is 27.6 Å². The Morgan fingerprint density at radius 1 is 0.852 bits per heavy atom. The van der Waals surface area contributed by atoms with E-state index in [2.05, 4.69) is 56.3 Å². The van der Waals surface area contributed by atoms with Crippen LogP contribution in [0.15, 0.2) is 80.2 Å². The Morgan fingerprint density at radius 2 is 1.44 bits per heavy atom. The molecule has 0 spiro atoms. The lowest BCUT2D eigenvalue weighted by Gasteiger charge is -2.26. The van der Waals surface area contributed by atoms with Gasteiger partial charge in [0, 0.05) is 26.5 Å². The summed E-state index contributed by atoms with van der Waals surface area (Å²) in [7, 11) is 0. The van der Waals surface area contributed by atoms with Crippen LogP contribution in [0, 0.1) is 6.92 Å². The molecule has 136 valence electrons. The van der Waals surface area contributed by atoms with E-state index in [-0.39, 0.29) is 5.91 Å². The molecule has 0 unspecified atom stereocenters. The monoisotopic (exact) mass is 391 g/mol. The van der Waals surface area contributed by atoms with Gasteiger partial charge in [-0.15, -0.1) is 0 Å². The van der Waals surface area contributed by atoms with Gasteiger partial charge >= 0.3 is 0 Å². The summed E-state index contributed by atoms with van der Waals surface area (Å²) in [5.41, 5.74) is 4.45. The number of aryl methyl sites for hydroxylation is 2. The number of rotatable bonds is 1. The molecular formula is C23H21NOS2. The molecule has 1 aliphatic heterocycles. The second-order valence-electron chi connectivity index (χ2n) is 6.57. The second-order valence-corrected chi connectivity index (χ2v) is 8.74. The van der Waals surface area contributed by atoms with Gasteiger partial charge in [0.25, 0.3) is 0 Å². The summed E-state index contributed by atoms with van der Waals surface area (Å²) in [4.78, 5) is 19.3. The maximum absolute atomic E-state index is 12.7. The quantitative estimate of drug-likeness (QED) is 0.452. The molecular weight excluding hydrogens is 370 g/mol. The van der Waals surface area contributed by atoms with Gasteiger partial charge in [0.1, 0.15) is 0 Å². The molecule has 1 aliphatic rings. The maximum atomic E-state index is 12.7. The lowest BCUT2D eigenvalue weighted by atomic mass is 10.0. The number of amides is 1. The highest BCUT2D eigenvalue weighted by Gasteiger charge is 2.24. The van der Waals surface area contributed by atoms with Crippen LogP contribution < -0.4 is 4.90 Å². The summed E-state index contributed by atoms with van der Waals surface area (Å²) in [6.07, 6.45) is 0.979. The van der Waals surface area contributed by atoms with E-state index in [1.807, 2.05) is 23.1 Å². The Morgan fingerprint density at radius 3 is 2.07 bits per heavy atom. The van der Waals surface area contributed by atoms with Crippen LogP contribution in [-0.4, -0.2) is 5.91 Å². The van der Waals surface area contributed by atoms with Crippen molar-refractivity contribution in [3.05, 3.63) is 71.8 Å². The molecule has 4 rings (SSSR count). The van der Waals surface area contributed by atoms with Crippen LogP contribution in [0.4, 0.5) is 11.4 Å². The van der Waals surface area contributed by atoms with Crippen molar-refractivity contribution in [2.45, 2.75) is 46.8 Å². The number of carbonyl (C=O) groups is 1. The van der Waals surface area contributed by atoms with Gasteiger partial charge in [-0.3, -0.25) is 9.69 Å². The fraction of sp³-hybridized carbons (Fsp3) is 0.174. The third-order valence-corrected chi connectivity index (χ3v) is 7.14. The summed E-state index contributed by atoms with van der Waals surface area (Å²) in [5.74, 6) is 0.0273. The first kappa shape index (κ1) is 18.2. The molecule has 0 N–H and O–H groups in total. The van der Waals surface area contributed by atoms with Crippen LogP contribution in [0.25, 0.3) is 0 Å². The Kier molecular flexibility index (Phi) is 5.02. The van der Waals surface area contributed by atoms with Crippen molar-refractivity contribution in [3.8, 4) is 0 Å². The smallest absolute Gasteiger partial charge is 0.228 e. The van der Waals surface area contributed by atoms with Crippen molar-refractivity contribution in [1.82, 2.24) is 0 Å². The van der Waals surface area contributed by atoms with E-state index < -0.39 is 0 Å². The van der Waals surface area contributed by atoms with Crippen LogP contribution in [-0.2, 0) is 11.2 Å². The van der Waals surface area contributed by atoms with Crippen LogP contribution in [0.5, 0.6) is 0 Å². The molecule has 0 atom stereocenters. The number of hydrogen-bond donors (Lipinski definition) is 0. The predicted octanol–water partition coefficient (Wildman–Crippen LogP) is 6.86. The molecule has 0 aliphatic carbocycles. The average Bonchev–Trinajstić information content (AvgIpc) is 2.71. The van der Waals surface area contributed by atoms with Crippen molar-refractivity contribution in [2.24, 2.45) is 0 Å².